The molecule has 174 valence electrons. The van der Waals surface area contributed by atoms with Gasteiger partial charge >= 0.3 is 6.18 Å². The molecule has 1 saturated heterocycles. The molecule has 0 saturated carbocycles. The van der Waals surface area contributed by atoms with Crippen LogP contribution in [0.4, 0.5) is 19.0 Å². The number of fused-ring (bicyclic) bond motifs is 1. The summed E-state index contributed by atoms with van der Waals surface area (Å²) in [6.07, 6.45) is -2.11. The molecule has 2 aromatic heterocycles. The third-order valence-corrected chi connectivity index (χ3v) is 5.14. The van der Waals surface area contributed by atoms with E-state index in [4.69, 9.17) is 10.8 Å². The Morgan fingerprint density at radius 2 is 2.06 bits per heavy atom. The summed E-state index contributed by atoms with van der Waals surface area (Å²) in [5, 5.41) is 21.5. The number of carbonyl (C=O) groups is 1. The summed E-state index contributed by atoms with van der Waals surface area (Å²) in [5.41, 5.74) is 0.607. The lowest BCUT2D eigenvalue weighted by Gasteiger charge is -2.36. The molecule has 1 fully saturated rings. The number of likely N-dealkylation sites (tertiary alicyclic amines) is 1. The SMILES string of the molecule is CCn1c(C(=O)NCC(F)(F)F)nc2c(NC3CCC(=N)N(C(=N)C(C)C)C3)ncnc21. The van der Waals surface area contributed by atoms with Gasteiger partial charge in [-0.15, -0.1) is 0 Å². The molecule has 0 radical (unpaired) electrons. The van der Waals surface area contributed by atoms with Crippen LogP contribution in [0.1, 0.15) is 44.2 Å². The zero-order valence-corrected chi connectivity index (χ0v) is 18.0. The van der Waals surface area contributed by atoms with Crippen LogP contribution < -0.4 is 10.6 Å². The fraction of sp³-hybridized carbons (Fsp3) is 0.579. The second-order valence-electron chi connectivity index (χ2n) is 7.85. The molecular weight excluding hydrogens is 427 g/mol. The van der Waals surface area contributed by atoms with Gasteiger partial charge in [0, 0.05) is 31.5 Å². The quantitative estimate of drug-likeness (QED) is 0.392. The van der Waals surface area contributed by atoms with Gasteiger partial charge in [0.1, 0.15) is 24.5 Å². The Labute approximate surface area is 182 Å². The van der Waals surface area contributed by atoms with E-state index < -0.39 is 18.6 Å². The maximum absolute atomic E-state index is 12.5. The molecule has 1 amide bonds. The van der Waals surface area contributed by atoms with Crippen molar-refractivity contribution in [2.45, 2.75) is 52.4 Å². The second kappa shape index (κ2) is 9.09. The first-order valence-corrected chi connectivity index (χ1v) is 10.3. The van der Waals surface area contributed by atoms with Gasteiger partial charge in [-0.05, 0) is 13.3 Å². The Kier molecular flexibility index (Phi) is 6.65. The molecule has 2 aromatic rings. The standard InChI is InChI=1S/C19H26F3N9O/c1-4-30-16-13(29-17(30)18(32)25-8-19(20,21)22)15(26-9-27-16)28-11-5-6-12(23)31(7-11)14(24)10(2)3/h9-11,23-24H,4-8H2,1-3H3,(H,25,32)(H,26,27,28). The third-order valence-electron chi connectivity index (χ3n) is 5.14. The molecule has 3 heterocycles. The number of anilines is 1. The van der Waals surface area contributed by atoms with Gasteiger partial charge in [0.25, 0.3) is 5.91 Å². The minimum Gasteiger partial charge on any atom is -0.364 e. The molecule has 3 rings (SSSR count). The molecule has 32 heavy (non-hydrogen) atoms. The van der Waals surface area contributed by atoms with Gasteiger partial charge in [0.05, 0.1) is 0 Å². The monoisotopic (exact) mass is 453 g/mol. The van der Waals surface area contributed by atoms with Gasteiger partial charge in [-0.25, -0.2) is 15.0 Å². The zero-order chi connectivity index (χ0) is 23.6. The van der Waals surface area contributed by atoms with Crippen LogP contribution in [0.2, 0.25) is 0 Å². The number of alkyl halides is 3. The summed E-state index contributed by atoms with van der Waals surface area (Å²) in [6, 6.07) is -0.143. The van der Waals surface area contributed by atoms with Crippen LogP contribution >= 0.6 is 0 Å². The second-order valence-corrected chi connectivity index (χ2v) is 7.85. The number of imidazole rings is 1. The average molecular weight is 453 g/mol. The van der Waals surface area contributed by atoms with E-state index in [1.54, 1.807) is 11.8 Å². The highest BCUT2D eigenvalue weighted by atomic mass is 19.4. The van der Waals surface area contributed by atoms with Crippen LogP contribution in [-0.4, -0.2) is 67.3 Å². The Morgan fingerprint density at radius 3 is 2.69 bits per heavy atom. The summed E-state index contributed by atoms with van der Waals surface area (Å²) >= 11 is 0. The topological polar surface area (TPSA) is 136 Å². The number of hydrogen-bond donors (Lipinski definition) is 4. The number of nitrogens with zero attached hydrogens (tertiary/aromatic N) is 5. The smallest absolute Gasteiger partial charge is 0.364 e. The number of piperidine rings is 1. The Morgan fingerprint density at radius 1 is 1.34 bits per heavy atom. The Hall–Kier alpha value is -3.25. The number of amides is 1. The van der Waals surface area contributed by atoms with Gasteiger partial charge in [0.15, 0.2) is 17.0 Å². The van der Waals surface area contributed by atoms with Crippen molar-refractivity contribution in [2.75, 3.05) is 18.4 Å². The first kappa shape index (κ1) is 23.4. The number of hydrogen-bond acceptors (Lipinski definition) is 7. The van der Waals surface area contributed by atoms with Crippen LogP contribution in [0.25, 0.3) is 11.2 Å². The van der Waals surface area contributed by atoms with E-state index in [9.17, 15) is 18.0 Å². The van der Waals surface area contributed by atoms with E-state index in [2.05, 4.69) is 20.3 Å². The van der Waals surface area contributed by atoms with Crippen molar-refractivity contribution in [3.8, 4) is 0 Å². The molecule has 10 nitrogen and oxygen atoms in total. The third kappa shape index (κ3) is 4.97. The molecular formula is C19H26F3N9O. The van der Waals surface area contributed by atoms with Gasteiger partial charge in [-0.2, -0.15) is 13.2 Å². The molecule has 1 atom stereocenters. The van der Waals surface area contributed by atoms with Gasteiger partial charge < -0.3 is 20.1 Å². The van der Waals surface area contributed by atoms with Crippen molar-refractivity contribution < 1.29 is 18.0 Å². The largest absolute Gasteiger partial charge is 0.405 e. The normalized spacial score (nSPS) is 17.2. The van der Waals surface area contributed by atoms with Crippen LogP contribution in [0, 0.1) is 16.7 Å². The lowest BCUT2D eigenvalue weighted by Crippen LogP contribution is -2.49. The van der Waals surface area contributed by atoms with E-state index in [-0.39, 0.29) is 29.8 Å². The van der Waals surface area contributed by atoms with Crippen LogP contribution in [0.3, 0.4) is 0 Å². The van der Waals surface area contributed by atoms with Crippen LogP contribution in [0.5, 0.6) is 0 Å². The summed E-state index contributed by atoms with van der Waals surface area (Å²) in [7, 11) is 0. The molecule has 0 aromatic carbocycles. The Balaban J connectivity index is 1.86. The summed E-state index contributed by atoms with van der Waals surface area (Å²) in [5.74, 6) is -0.0687. The summed E-state index contributed by atoms with van der Waals surface area (Å²) in [6.45, 7) is 4.74. The molecule has 0 aliphatic carbocycles. The van der Waals surface area contributed by atoms with Crippen LogP contribution in [-0.2, 0) is 6.54 Å². The number of aromatic nitrogens is 4. The van der Waals surface area contributed by atoms with Crippen molar-refractivity contribution in [2.24, 2.45) is 5.92 Å². The van der Waals surface area contributed by atoms with Crippen LogP contribution in [0.15, 0.2) is 6.33 Å². The molecule has 13 heteroatoms. The number of rotatable bonds is 6. The number of amidine groups is 2. The molecule has 1 aliphatic rings. The molecule has 0 spiro atoms. The first-order chi connectivity index (χ1) is 15.0. The predicted octanol–water partition coefficient (Wildman–Crippen LogP) is 2.63. The summed E-state index contributed by atoms with van der Waals surface area (Å²) in [4.78, 5) is 26.6. The molecule has 4 N–H and O–H groups in total. The maximum atomic E-state index is 12.5. The van der Waals surface area contributed by atoms with Crippen molar-refractivity contribution >= 4 is 34.6 Å². The molecule has 1 aliphatic heterocycles. The fourth-order valence-electron chi connectivity index (χ4n) is 3.51. The van der Waals surface area contributed by atoms with Gasteiger partial charge in [-0.3, -0.25) is 15.6 Å². The van der Waals surface area contributed by atoms with E-state index >= 15 is 0 Å². The highest BCUT2D eigenvalue weighted by Crippen LogP contribution is 2.24. The van der Waals surface area contributed by atoms with Crippen molar-refractivity contribution in [3.05, 3.63) is 12.2 Å². The van der Waals surface area contributed by atoms with Crippen molar-refractivity contribution in [1.82, 2.24) is 29.7 Å². The highest BCUT2D eigenvalue weighted by Gasteiger charge is 2.31. The number of nitrogens with one attached hydrogen (secondary N) is 4. The lowest BCUT2D eigenvalue weighted by molar-refractivity contribution is -0.123. The molecule has 0 bridgehead atoms. The van der Waals surface area contributed by atoms with E-state index in [1.807, 2.05) is 19.2 Å². The van der Waals surface area contributed by atoms with E-state index in [0.29, 0.717) is 42.5 Å². The number of halogens is 3. The first-order valence-electron chi connectivity index (χ1n) is 10.3. The minimum absolute atomic E-state index is 0.0297. The number of carbonyl (C=O) groups excluding carboxylic acids is 1. The highest BCUT2D eigenvalue weighted by molar-refractivity contribution is 5.99. The molecule has 1 unspecified atom stereocenters. The van der Waals surface area contributed by atoms with Gasteiger partial charge in [-0.1, -0.05) is 13.8 Å². The van der Waals surface area contributed by atoms with E-state index in [1.165, 1.54) is 10.9 Å². The predicted molar refractivity (Wildman–Crippen MR) is 113 cm³/mol. The maximum Gasteiger partial charge on any atom is 0.405 e. The van der Waals surface area contributed by atoms with Crippen molar-refractivity contribution in [3.63, 3.8) is 0 Å². The number of aryl methyl sites for hydroxylation is 1. The lowest BCUT2D eigenvalue weighted by atomic mass is 10.0. The minimum atomic E-state index is -4.53. The van der Waals surface area contributed by atoms with Gasteiger partial charge in [0.2, 0.25) is 5.82 Å². The zero-order valence-electron chi connectivity index (χ0n) is 18.0. The fourth-order valence-corrected chi connectivity index (χ4v) is 3.51. The average Bonchev–Trinajstić information content (AvgIpc) is 3.12. The summed E-state index contributed by atoms with van der Waals surface area (Å²) < 4.78 is 38.9. The van der Waals surface area contributed by atoms with Crippen molar-refractivity contribution in [1.29, 1.82) is 10.8 Å². The van der Waals surface area contributed by atoms with E-state index in [0.717, 1.165) is 0 Å². The Bertz CT molecular complexity index is 1030.